The van der Waals surface area contributed by atoms with Gasteiger partial charge in [-0.1, -0.05) is 13.3 Å². The second-order valence-electron chi connectivity index (χ2n) is 4.94. The van der Waals surface area contributed by atoms with Gasteiger partial charge in [-0.3, -0.25) is 4.79 Å². The number of hydrogen-bond acceptors (Lipinski definition) is 3. The van der Waals surface area contributed by atoms with Crippen LogP contribution in [0.15, 0.2) is 0 Å². The summed E-state index contributed by atoms with van der Waals surface area (Å²) in [6, 6.07) is -0.347. The van der Waals surface area contributed by atoms with Gasteiger partial charge >= 0.3 is 0 Å². The lowest BCUT2D eigenvalue weighted by Crippen LogP contribution is -2.48. The van der Waals surface area contributed by atoms with Crippen LogP contribution in [-0.2, 0) is 9.53 Å². The van der Waals surface area contributed by atoms with Gasteiger partial charge in [0, 0.05) is 26.8 Å². The molecule has 0 aliphatic carbocycles. The van der Waals surface area contributed by atoms with Gasteiger partial charge in [0.15, 0.2) is 0 Å². The van der Waals surface area contributed by atoms with Gasteiger partial charge in [0.25, 0.3) is 0 Å². The summed E-state index contributed by atoms with van der Waals surface area (Å²) in [4.78, 5) is 14.1. The van der Waals surface area contributed by atoms with Gasteiger partial charge in [0.2, 0.25) is 5.91 Å². The number of methoxy groups -OCH3 is 1. The summed E-state index contributed by atoms with van der Waals surface area (Å²) in [6.07, 6.45) is 5.10. The van der Waals surface area contributed by atoms with E-state index in [2.05, 4.69) is 6.92 Å². The fourth-order valence-electron chi connectivity index (χ4n) is 2.40. The van der Waals surface area contributed by atoms with Crippen LogP contribution in [0.3, 0.4) is 0 Å². The van der Waals surface area contributed by atoms with E-state index in [-0.39, 0.29) is 11.9 Å². The van der Waals surface area contributed by atoms with E-state index < -0.39 is 0 Å². The molecule has 17 heavy (non-hydrogen) atoms. The molecular formula is C13H26N2O2. The minimum atomic E-state index is -0.347. The molecule has 1 saturated heterocycles. The van der Waals surface area contributed by atoms with Gasteiger partial charge < -0.3 is 15.4 Å². The van der Waals surface area contributed by atoms with Crippen molar-refractivity contribution in [3.63, 3.8) is 0 Å². The Morgan fingerprint density at radius 3 is 3.00 bits per heavy atom. The number of hydrogen-bond donors (Lipinski definition) is 1. The molecular weight excluding hydrogens is 216 g/mol. The first-order chi connectivity index (χ1) is 8.19. The molecule has 1 rings (SSSR count). The lowest BCUT2D eigenvalue weighted by Gasteiger charge is -2.33. The highest BCUT2D eigenvalue weighted by atomic mass is 16.5. The Morgan fingerprint density at radius 2 is 2.35 bits per heavy atom. The van der Waals surface area contributed by atoms with E-state index in [4.69, 9.17) is 10.5 Å². The zero-order valence-corrected chi connectivity index (χ0v) is 11.2. The molecule has 0 radical (unpaired) electrons. The predicted molar refractivity (Wildman–Crippen MR) is 68.7 cm³/mol. The van der Waals surface area contributed by atoms with Gasteiger partial charge in [-0.25, -0.2) is 0 Å². The molecule has 1 aliphatic heterocycles. The molecule has 1 aliphatic rings. The number of amides is 1. The van der Waals surface area contributed by atoms with Crippen LogP contribution < -0.4 is 5.73 Å². The third kappa shape index (κ3) is 4.64. The Hall–Kier alpha value is -0.610. The molecule has 4 nitrogen and oxygen atoms in total. The molecule has 0 bridgehead atoms. The SMILES string of the molecule is CCC1CCCN(C(=O)C(N)CCCOC)C1. The summed E-state index contributed by atoms with van der Waals surface area (Å²) < 4.78 is 4.97. The fourth-order valence-corrected chi connectivity index (χ4v) is 2.40. The molecule has 0 aromatic rings. The van der Waals surface area contributed by atoms with Crippen molar-refractivity contribution in [3.05, 3.63) is 0 Å². The van der Waals surface area contributed by atoms with Gasteiger partial charge in [-0.2, -0.15) is 0 Å². The summed E-state index contributed by atoms with van der Waals surface area (Å²) in [5, 5.41) is 0. The van der Waals surface area contributed by atoms with Crippen LogP contribution in [0.5, 0.6) is 0 Å². The van der Waals surface area contributed by atoms with E-state index >= 15 is 0 Å². The molecule has 1 fully saturated rings. The number of carbonyl (C=O) groups excluding carboxylic acids is 1. The second kappa shape index (κ2) is 7.67. The molecule has 100 valence electrons. The lowest BCUT2D eigenvalue weighted by molar-refractivity contribution is -0.134. The number of ether oxygens (including phenoxy) is 1. The summed E-state index contributed by atoms with van der Waals surface area (Å²) in [7, 11) is 1.67. The number of nitrogens with zero attached hydrogens (tertiary/aromatic N) is 1. The van der Waals surface area contributed by atoms with Crippen molar-refractivity contribution in [2.24, 2.45) is 11.7 Å². The smallest absolute Gasteiger partial charge is 0.239 e. The van der Waals surface area contributed by atoms with Crippen molar-refractivity contribution in [1.29, 1.82) is 0 Å². The van der Waals surface area contributed by atoms with Crippen LogP contribution in [0, 0.1) is 5.92 Å². The van der Waals surface area contributed by atoms with Crippen molar-refractivity contribution in [3.8, 4) is 0 Å². The minimum absolute atomic E-state index is 0.124. The van der Waals surface area contributed by atoms with Gasteiger partial charge in [-0.15, -0.1) is 0 Å². The maximum atomic E-state index is 12.1. The number of rotatable bonds is 6. The zero-order valence-electron chi connectivity index (χ0n) is 11.2. The molecule has 2 unspecified atom stereocenters. The maximum absolute atomic E-state index is 12.1. The van der Waals surface area contributed by atoms with Crippen LogP contribution in [0.2, 0.25) is 0 Å². The van der Waals surface area contributed by atoms with Crippen molar-refractivity contribution in [1.82, 2.24) is 4.90 Å². The highest BCUT2D eigenvalue weighted by Gasteiger charge is 2.25. The third-order valence-corrected chi connectivity index (χ3v) is 3.59. The van der Waals surface area contributed by atoms with Crippen molar-refractivity contribution in [2.75, 3.05) is 26.8 Å². The normalized spacial score (nSPS) is 22.5. The van der Waals surface area contributed by atoms with Crippen molar-refractivity contribution >= 4 is 5.91 Å². The first kappa shape index (κ1) is 14.5. The van der Waals surface area contributed by atoms with E-state index in [1.807, 2.05) is 4.90 Å². The van der Waals surface area contributed by atoms with Gasteiger partial charge in [-0.05, 0) is 31.6 Å². The van der Waals surface area contributed by atoms with E-state index in [1.165, 1.54) is 6.42 Å². The van der Waals surface area contributed by atoms with Crippen LogP contribution in [0.4, 0.5) is 0 Å². The lowest BCUT2D eigenvalue weighted by atomic mass is 9.95. The van der Waals surface area contributed by atoms with E-state index in [0.717, 1.165) is 38.8 Å². The minimum Gasteiger partial charge on any atom is -0.385 e. The molecule has 2 atom stereocenters. The number of carbonyl (C=O) groups is 1. The Morgan fingerprint density at radius 1 is 1.59 bits per heavy atom. The molecule has 2 N–H and O–H groups in total. The van der Waals surface area contributed by atoms with Crippen molar-refractivity contribution in [2.45, 2.75) is 45.1 Å². The molecule has 1 heterocycles. The first-order valence-corrected chi connectivity index (χ1v) is 6.72. The number of likely N-dealkylation sites (tertiary alicyclic amines) is 1. The predicted octanol–water partition coefficient (Wildman–Crippen LogP) is 1.39. The van der Waals surface area contributed by atoms with Crippen LogP contribution >= 0.6 is 0 Å². The van der Waals surface area contributed by atoms with E-state index in [1.54, 1.807) is 7.11 Å². The zero-order chi connectivity index (χ0) is 12.7. The molecule has 0 saturated carbocycles. The van der Waals surface area contributed by atoms with Gasteiger partial charge in [0.1, 0.15) is 0 Å². The first-order valence-electron chi connectivity index (χ1n) is 6.72. The molecule has 0 spiro atoms. The van der Waals surface area contributed by atoms with E-state index in [0.29, 0.717) is 12.5 Å². The average Bonchev–Trinajstić information content (AvgIpc) is 2.38. The quantitative estimate of drug-likeness (QED) is 0.716. The topological polar surface area (TPSA) is 55.6 Å². The highest BCUT2D eigenvalue weighted by Crippen LogP contribution is 2.19. The summed E-state index contributed by atoms with van der Waals surface area (Å²) in [6.45, 7) is 4.65. The maximum Gasteiger partial charge on any atom is 0.239 e. The molecule has 4 heteroatoms. The van der Waals surface area contributed by atoms with E-state index in [9.17, 15) is 4.79 Å². The van der Waals surface area contributed by atoms with Crippen molar-refractivity contribution < 1.29 is 9.53 Å². The Balaban J connectivity index is 2.34. The molecule has 0 aromatic carbocycles. The fraction of sp³-hybridized carbons (Fsp3) is 0.923. The standard InChI is InChI=1S/C13H26N2O2/c1-3-11-6-4-8-15(10-11)13(16)12(14)7-5-9-17-2/h11-12H,3-10,14H2,1-2H3. The average molecular weight is 242 g/mol. The second-order valence-corrected chi connectivity index (χ2v) is 4.94. The van der Waals surface area contributed by atoms with Crippen LogP contribution in [0.1, 0.15) is 39.0 Å². The summed E-state index contributed by atoms with van der Waals surface area (Å²) in [5.74, 6) is 0.790. The summed E-state index contributed by atoms with van der Waals surface area (Å²) >= 11 is 0. The highest BCUT2D eigenvalue weighted by molar-refractivity contribution is 5.81. The van der Waals surface area contributed by atoms with Crippen LogP contribution in [-0.4, -0.2) is 43.7 Å². The largest absolute Gasteiger partial charge is 0.385 e. The summed E-state index contributed by atoms with van der Waals surface area (Å²) in [5.41, 5.74) is 5.93. The van der Waals surface area contributed by atoms with Gasteiger partial charge in [0.05, 0.1) is 6.04 Å². The Bertz CT molecular complexity index is 233. The Kier molecular flexibility index (Phi) is 6.52. The van der Waals surface area contributed by atoms with Crippen LogP contribution in [0.25, 0.3) is 0 Å². The molecule has 1 amide bonds. The monoisotopic (exact) mass is 242 g/mol. The third-order valence-electron chi connectivity index (χ3n) is 3.59. The molecule has 0 aromatic heterocycles. The number of piperidine rings is 1. The Labute approximate surface area is 104 Å². The number of nitrogens with two attached hydrogens (primary N) is 1.